The molecule has 0 amide bonds. The highest BCUT2D eigenvalue weighted by Crippen LogP contribution is 2.49. The highest BCUT2D eigenvalue weighted by molar-refractivity contribution is 5.79. The normalized spacial score (nSPS) is 36.1. The fraction of sp³-hybridized carbons (Fsp3) is 0.909. The number of carbonyl (C=O) groups is 1. The molecular formula is C11H19NO2. The van der Waals surface area contributed by atoms with E-state index < -0.39 is 0 Å². The minimum Gasteiger partial charge on any atom is -0.460 e. The Hall–Kier alpha value is -0.570. The van der Waals surface area contributed by atoms with Crippen molar-refractivity contribution in [3.8, 4) is 0 Å². The van der Waals surface area contributed by atoms with Crippen LogP contribution in [0.1, 0.15) is 33.6 Å². The van der Waals surface area contributed by atoms with Crippen molar-refractivity contribution >= 4 is 5.97 Å². The molecule has 0 aromatic heterocycles. The molecule has 0 radical (unpaired) electrons. The van der Waals surface area contributed by atoms with E-state index in [1.807, 2.05) is 20.8 Å². The van der Waals surface area contributed by atoms with Gasteiger partial charge in [-0.2, -0.15) is 0 Å². The number of hydrogen-bond donors (Lipinski definition) is 1. The maximum Gasteiger partial charge on any atom is 0.313 e. The third kappa shape index (κ3) is 1.65. The van der Waals surface area contributed by atoms with Crippen LogP contribution in [0.4, 0.5) is 0 Å². The lowest BCUT2D eigenvalue weighted by Crippen LogP contribution is -2.59. The summed E-state index contributed by atoms with van der Waals surface area (Å²) in [5.41, 5.74) is -0.537. The quantitative estimate of drug-likeness (QED) is 0.644. The number of carbonyl (C=O) groups excluding carboxylic acids is 1. The molecule has 2 aliphatic heterocycles. The van der Waals surface area contributed by atoms with Crippen LogP contribution in [-0.2, 0) is 9.53 Å². The number of fused-ring (bicyclic) bond motifs is 2. The van der Waals surface area contributed by atoms with Gasteiger partial charge in [0.1, 0.15) is 5.60 Å². The molecule has 3 aliphatic rings. The van der Waals surface area contributed by atoms with E-state index in [4.69, 9.17) is 4.74 Å². The topological polar surface area (TPSA) is 38.3 Å². The Labute approximate surface area is 85.2 Å². The molecule has 0 aromatic rings. The second kappa shape index (κ2) is 2.96. The number of piperidine rings is 2. The van der Waals surface area contributed by atoms with Crippen molar-refractivity contribution in [1.29, 1.82) is 0 Å². The summed E-state index contributed by atoms with van der Waals surface area (Å²) in [6.45, 7) is 7.65. The van der Waals surface area contributed by atoms with Crippen LogP contribution in [0.2, 0.25) is 0 Å². The van der Waals surface area contributed by atoms with E-state index in [9.17, 15) is 4.79 Å². The van der Waals surface area contributed by atoms with Gasteiger partial charge in [-0.1, -0.05) is 0 Å². The van der Waals surface area contributed by atoms with Crippen molar-refractivity contribution in [2.75, 3.05) is 13.1 Å². The molecule has 0 spiro atoms. The molecule has 3 rings (SSSR count). The van der Waals surface area contributed by atoms with Gasteiger partial charge in [0.05, 0.1) is 5.41 Å². The average Bonchev–Trinajstić information content (AvgIpc) is 2.00. The summed E-state index contributed by atoms with van der Waals surface area (Å²) in [5, 5.41) is 3.29. The van der Waals surface area contributed by atoms with Gasteiger partial charge in [-0.15, -0.1) is 0 Å². The van der Waals surface area contributed by atoms with E-state index in [1.54, 1.807) is 0 Å². The van der Waals surface area contributed by atoms with Crippen LogP contribution >= 0.6 is 0 Å². The predicted molar refractivity (Wildman–Crippen MR) is 53.9 cm³/mol. The van der Waals surface area contributed by atoms with Gasteiger partial charge in [0, 0.05) is 6.54 Å². The third-order valence-electron chi connectivity index (χ3n) is 3.09. The Morgan fingerprint density at radius 2 is 2.07 bits per heavy atom. The first kappa shape index (κ1) is 9.97. The second-order valence-electron chi connectivity index (χ2n) is 5.69. The predicted octanol–water partition coefficient (Wildman–Crippen LogP) is 1.33. The number of hydrogen-bond acceptors (Lipinski definition) is 3. The van der Waals surface area contributed by atoms with Crippen molar-refractivity contribution in [3.63, 3.8) is 0 Å². The van der Waals surface area contributed by atoms with Gasteiger partial charge in [-0.25, -0.2) is 0 Å². The Kier molecular flexibility index (Phi) is 2.11. The van der Waals surface area contributed by atoms with E-state index in [2.05, 4.69) is 5.32 Å². The third-order valence-corrected chi connectivity index (χ3v) is 3.09. The van der Waals surface area contributed by atoms with E-state index >= 15 is 0 Å². The monoisotopic (exact) mass is 197 g/mol. The Bertz CT molecular complexity index is 243. The minimum atomic E-state index is -0.353. The fourth-order valence-electron chi connectivity index (χ4n) is 2.47. The number of esters is 1. The number of ether oxygens (including phenoxy) is 1. The van der Waals surface area contributed by atoms with Gasteiger partial charge in [0.15, 0.2) is 0 Å². The first-order valence-corrected chi connectivity index (χ1v) is 5.35. The van der Waals surface area contributed by atoms with Crippen molar-refractivity contribution < 1.29 is 9.53 Å². The van der Waals surface area contributed by atoms with Crippen LogP contribution in [0.25, 0.3) is 0 Å². The standard InChI is InChI=1S/C11H19NO2/c1-10(2,3)14-9(13)11-4-8(5-11)6-12-7-11/h8,12H,4-7H2,1-3H3. The van der Waals surface area contributed by atoms with Gasteiger partial charge < -0.3 is 10.1 Å². The molecule has 14 heavy (non-hydrogen) atoms. The lowest BCUT2D eigenvalue weighted by atomic mass is 9.59. The van der Waals surface area contributed by atoms with Crippen LogP contribution in [0, 0.1) is 11.3 Å². The van der Waals surface area contributed by atoms with E-state index in [-0.39, 0.29) is 17.0 Å². The molecule has 0 unspecified atom stereocenters. The van der Waals surface area contributed by atoms with Crippen molar-refractivity contribution in [3.05, 3.63) is 0 Å². The number of nitrogens with one attached hydrogen (secondary N) is 1. The highest BCUT2D eigenvalue weighted by atomic mass is 16.6. The fourth-order valence-corrected chi connectivity index (χ4v) is 2.47. The van der Waals surface area contributed by atoms with E-state index in [1.165, 1.54) is 0 Å². The van der Waals surface area contributed by atoms with Crippen LogP contribution in [0.5, 0.6) is 0 Å². The molecule has 2 heterocycles. The number of rotatable bonds is 1. The summed E-state index contributed by atoms with van der Waals surface area (Å²) in [6, 6.07) is 0. The Balaban J connectivity index is 1.98. The zero-order chi connectivity index (χ0) is 10.4. The molecule has 2 saturated heterocycles. The first-order chi connectivity index (χ1) is 6.41. The van der Waals surface area contributed by atoms with Gasteiger partial charge >= 0.3 is 5.97 Å². The van der Waals surface area contributed by atoms with Crippen LogP contribution < -0.4 is 5.32 Å². The van der Waals surface area contributed by atoms with Gasteiger partial charge in [0.25, 0.3) is 0 Å². The van der Waals surface area contributed by atoms with Crippen LogP contribution in [0.15, 0.2) is 0 Å². The lowest BCUT2D eigenvalue weighted by molar-refractivity contribution is -0.179. The summed E-state index contributed by atoms with van der Waals surface area (Å²) < 4.78 is 5.44. The Morgan fingerprint density at radius 1 is 1.43 bits per heavy atom. The van der Waals surface area contributed by atoms with Crippen molar-refractivity contribution in [1.82, 2.24) is 5.32 Å². The Morgan fingerprint density at radius 3 is 2.50 bits per heavy atom. The average molecular weight is 197 g/mol. The van der Waals surface area contributed by atoms with Crippen LogP contribution in [0.3, 0.4) is 0 Å². The zero-order valence-electron chi connectivity index (χ0n) is 9.22. The molecule has 2 bridgehead atoms. The van der Waals surface area contributed by atoms with E-state index in [0.717, 1.165) is 25.9 Å². The lowest BCUT2D eigenvalue weighted by Gasteiger charge is -2.51. The van der Waals surface area contributed by atoms with Crippen molar-refractivity contribution in [2.24, 2.45) is 11.3 Å². The van der Waals surface area contributed by atoms with Crippen molar-refractivity contribution in [2.45, 2.75) is 39.2 Å². The first-order valence-electron chi connectivity index (χ1n) is 5.35. The smallest absolute Gasteiger partial charge is 0.313 e. The van der Waals surface area contributed by atoms with Crippen LogP contribution in [-0.4, -0.2) is 24.7 Å². The highest BCUT2D eigenvalue weighted by Gasteiger charge is 2.54. The van der Waals surface area contributed by atoms with E-state index in [0.29, 0.717) is 5.92 Å². The summed E-state index contributed by atoms with van der Waals surface area (Å²) in [5.74, 6) is 0.699. The summed E-state index contributed by atoms with van der Waals surface area (Å²) in [6.07, 6.45) is 2.05. The molecule has 3 nitrogen and oxygen atoms in total. The molecule has 0 aromatic carbocycles. The molecule has 1 N–H and O–H groups in total. The summed E-state index contributed by atoms with van der Waals surface area (Å²) in [4.78, 5) is 11.9. The molecular weight excluding hydrogens is 178 g/mol. The minimum absolute atomic E-state index is 0.00606. The van der Waals surface area contributed by atoms with Gasteiger partial charge in [0.2, 0.25) is 0 Å². The maximum atomic E-state index is 11.9. The summed E-state index contributed by atoms with van der Waals surface area (Å²) >= 11 is 0. The van der Waals surface area contributed by atoms with Gasteiger partial charge in [-0.05, 0) is 46.1 Å². The maximum absolute atomic E-state index is 11.9. The molecule has 80 valence electrons. The largest absolute Gasteiger partial charge is 0.460 e. The zero-order valence-corrected chi connectivity index (χ0v) is 9.22. The molecule has 1 saturated carbocycles. The molecule has 3 fully saturated rings. The SMILES string of the molecule is CC(C)(C)OC(=O)C12CNCC(C1)C2. The molecule has 3 heteroatoms. The summed E-state index contributed by atoms with van der Waals surface area (Å²) in [7, 11) is 0. The van der Waals surface area contributed by atoms with Gasteiger partial charge in [-0.3, -0.25) is 4.79 Å². The molecule has 0 atom stereocenters. The second-order valence-corrected chi connectivity index (χ2v) is 5.69. The molecule has 1 aliphatic carbocycles.